The summed E-state index contributed by atoms with van der Waals surface area (Å²) in [5.74, 6) is -0.848. The third-order valence-corrected chi connectivity index (χ3v) is 3.85. The van der Waals surface area contributed by atoms with Crippen LogP contribution in [0.3, 0.4) is 0 Å². The Kier molecular flexibility index (Phi) is 5.02. The van der Waals surface area contributed by atoms with Gasteiger partial charge in [0, 0.05) is 12.2 Å². The lowest BCUT2D eigenvalue weighted by Crippen LogP contribution is -2.11. The number of hydrogen-bond acceptors (Lipinski definition) is 5. The monoisotopic (exact) mass is 358 g/mol. The van der Waals surface area contributed by atoms with Crippen molar-refractivity contribution in [2.24, 2.45) is 0 Å². The Morgan fingerprint density at radius 1 is 1.45 bits per heavy atom. The fraction of sp³-hybridized carbons (Fsp3) is 0.250. The lowest BCUT2D eigenvalue weighted by Gasteiger charge is -2.03. The number of nitrogens with zero attached hydrogens (tertiary/aromatic N) is 2. The van der Waals surface area contributed by atoms with Crippen molar-refractivity contribution in [1.29, 1.82) is 0 Å². The molecule has 0 aliphatic rings. The molecule has 0 saturated carbocycles. The van der Waals surface area contributed by atoms with Crippen LogP contribution in [-0.2, 0) is 0 Å². The maximum atomic E-state index is 13.3. The molecule has 2 rings (SSSR count). The van der Waals surface area contributed by atoms with E-state index in [4.69, 9.17) is 0 Å². The van der Waals surface area contributed by atoms with Crippen LogP contribution < -0.4 is 10.6 Å². The zero-order chi connectivity index (χ0) is 14.5. The third kappa shape index (κ3) is 3.73. The predicted molar refractivity (Wildman–Crippen MR) is 80.7 cm³/mol. The average molecular weight is 359 g/mol. The molecule has 1 heterocycles. The van der Waals surface area contributed by atoms with Crippen LogP contribution in [0.5, 0.6) is 0 Å². The fourth-order valence-electron chi connectivity index (χ4n) is 1.38. The Labute approximate surface area is 127 Å². The first-order valence-corrected chi connectivity index (χ1v) is 7.55. The summed E-state index contributed by atoms with van der Waals surface area (Å²) in [5, 5.41) is 14.1. The summed E-state index contributed by atoms with van der Waals surface area (Å²) in [6, 6.07) is 4.36. The number of amides is 1. The maximum absolute atomic E-state index is 13.3. The number of rotatable bonds is 5. The van der Waals surface area contributed by atoms with Gasteiger partial charge in [-0.25, -0.2) is 4.39 Å². The largest absolute Gasteiger partial charge is 0.360 e. The lowest BCUT2D eigenvalue weighted by molar-refractivity contribution is 0.102. The topological polar surface area (TPSA) is 66.9 Å². The Bertz CT molecular complexity index is 619. The Hall–Kier alpha value is -1.54. The summed E-state index contributed by atoms with van der Waals surface area (Å²) in [7, 11) is 0. The number of benzene rings is 1. The smallest absolute Gasteiger partial charge is 0.286 e. The zero-order valence-electron chi connectivity index (χ0n) is 10.6. The molecule has 0 aliphatic carbocycles. The third-order valence-electron chi connectivity index (χ3n) is 2.32. The van der Waals surface area contributed by atoms with E-state index in [2.05, 4.69) is 36.8 Å². The molecule has 0 radical (unpaired) electrons. The van der Waals surface area contributed by atoms with Crippen molar-refractivity contribution < 1.29 is 9.18 Å². The van der Waals surface area contributed by atoms with Crippen molar-refractivity contribution in [3.63, 3.8) is 0 Å². The van der Waals surface area contributed by atoms with Crippen LogP contribution in [0.4, 0.5) is 15.2 Å². The Balaban J connectivity index is 2.03. The van der Waals surface area contributed by atoms with E-state index >= 15 is 0 Å². The number of carbonyl (C=O) groups is 1. The highest BCUT2D eigenvalue weighted by atomic mass is 79.9. The van der Waals surface area contributed by atoms with Gasteiger partial charge in [-0.1, -0.05) is 18.3 Å². The molecule has 1 amide bonds. The number of halogens is 2. The van der Waals surface area contributed by atoms with Gasteiger partial charge in [0.2, 0.25) is 10.1 Å². The van der Waals surface area contributed by atoms with Gasteiger partial charge in [-0.15, -0.1) is 10.2 Å². The van der Waals surface area contributed by atoms with Crippen molar-refractivity contribution in [1.82, 2.24) is 10.2 Å². The standard InChI is InChI=1S/C12H12BrFN4OS/c1-2-5-15-12-18-17-11(20-12)10(19)16-7-3-4-8(13)9(14)6-7/h3-4,6H,2,5H2,1H3,(H,15,18)(H,16,19). The maximum Gasteiger partial charge on any atom is 0.286 e. The van der Waals surface area contributed by atoms with Gasteiger partial charge in [-0.3, -0.25) is 4.79 Å². The normalized spacial score (nSPS) is 10.3. The molecule has 8 heteroatoms. The van der Waals surface area contributed by atoms with E-state index in [1.165, 1.54) is 12.1 Å². The molecule has 0 saturated heterocycles. The summed E-state index contributed by atoms with van der Waals surface area (Å²) in [5.41, 5.74) is 0.369. The lowest BCUT2D eigenvalue weighted by atomic mass is 10.3. The highest BCUT2D eigenvalue weighted by Gasteiger charge is 2.13. The molecular formula is C12H12BrFN4OS. The molecule has 1 aromatic heterocycles. The van der Waals surface area contributed by atoms with E-state index in [0.717, 1.165) is 24.3 Å². The van der Waals surface area contributed by atoms with Crippen molar-refractivity contribution in [2.45, 2.75) is 13.3 Å². The number of nitrogens with one attached hydrogen (secondary N) is 2. The van der Waals surface area contributed by atoms with E-state index in [-0.39, 0.29) is 5.01 Å². The summed E-state index contributed by atoms with van der Waals surface area (Å²) >= 11 is 4.21. The van der Waals surface area contributed by atoms with Gasteiger partial charge in [-0.05, 0) is 40.5 Å². The van der Waals surface area contributed by atoms with E-state index in [9.17, 15) is 9.18 Å². The second kappa shape index (κ2) is 6.76. The van der Waals surface area contributed by atoms with Gasteiger partial charge in [-0.2, -0.15) is 0 Å². The van der Waals surface area contributed by atoms with Gasteiger partial charge in [0.1, 0.15) is 5.82 Å². The molecule has 2 aromatic rings. The van der Waals surface area contributed by atoms with Crippen LogP contribution >= 0.6 is 27.3 Å². The van der Waals surface area contributed by atoms with Crippen molar-refractivity contribution in [3.05, 3.63) is 33.5 Å². The molecule has 5 nitrogen and oxygen atoms in total. The van der Waals surface area contributed by atoms with Crippen LogP contribution in [-0.4, -0.2) is 22.6 Å². The Morgan fingerprint density at radius 3 is 2.95 bits per heavy atom. The molecule has 0 unspecified atom stereocenters. The number of hydrogen-bond donors (Lipinski definition) is 2. The summed E-state index contributed by atoms with van der Waals surface area (Å²) in [6.45, 7) is 2.80. The highest BCUT2D eigenvalue weighted by Crippen LogP contribution is 2.21. The van der Waals surface area contributed by atoms with E-state index in [1.54, 1.807) is 6.07 Å². The summed E-state index contributed by atoms with van der Waals surface area (Å²) < 4.78 is 13.7. The van der Waals surface area contributed by atoms with Gasteiger partial charge >= 0.3 is 0 Å². The molecule has 0 fully saturated rings. The first-order valence-electron chi connectivity index (χ1n) is 5.94. The average Bonchev–Trinajstić information content (AvgIpc) is 2.89. The molecule has 0 bridgehead atoms. The minimum Gasteiger partial charge on any atom is -0.360 e. The van der Waals surface area contributed by atoms with Crippen LogP contribution in [0.1, 0.15) is 23.1 Å². The molecular weight excluding hydrogens is 347 g/mol. The van der Waals surface area contributed by atoms with E-state index in [1.807, 2.05) is 6.92 Å². The van der Waals surface area contributed by atoms with Gasteiger partial charge < -0.3 is 10.6 Å². The quantitative estimate of drug-likeness (QED) is 0.857. The molecule has 0 atom stereocenters. The summed E-state index contributed by atoms with van der Waals surface area (Å²) in [4.78, 5) is 11.9. The second-order valence-corrected chi connectivity index (χ2v) is 5.75. The van der Waals surface area contributed by atoms with Crippen molar-refractivity contribution >= 4 is 44.0 Å². The van der Waals surface area contributed by atoms with E-state index < -0.39 is 11.7 Å². The molecule has 106 valence electrons. The molecule has 2 N–H and O–H groups in total. The summed E-state index contributed by atoms with van der Waals surface area (Å²) in [6.07, 6.45) is 0.958. The van der Waals surface area contributed by atoms with Crippen molar-refractivity contribution in [2.75, 3.05) is 17.2 Å². The number of carbonyl (C=O) groups excluding carboxylic acids is 1. The molecule has 0 aliphatic heterocycles. The number of aromatic nitrogens is 2. The fourth-order valence-corrected chi connectivity index (χ4v) is 2.29. The van der Waals surface area contributed by atoms with Crippen LogP contribution in [0.2, 0.25) is 0 Å². The van der Waals surface area contributed by atoms with Gasteiger partial charge in [0.25, 0.3) is 5.91 Å². The van der Waals surface area contributed by atoms with E-state index in [0.29, 0.717) is 15.3 Å². The second-order valence-electron chi connectivity index (χ2n) is 3.92. The minimum absolute atomic E-state index is 0.229. The van der Waals surface area contributed by atoms with Gasteiger partial charge in [0.15, 0.2) is 0 Å². The van der Waals surface area contributed by atoms with Crippen LogP contribution in [0.15, 0.2) is 22.7 Å². The minimum atomic E-state index is -0.439. The first-order chi connectivity index (χ1) is 9.60. The molecule has 0 spiro atoms. The van der Waals surface area contributed by atoms with Crippen LogP contribution in [0, 0.1) is 5.82 Å². The molecule has 20 heavy (non-hydrogen) atoms. The highest BCUT2D eigenvalue weighted by molar-refractivity contribution is 9.10. The zero-order valence-corrected chi connectivity index (χ0v) is 13.0. The number of anilines is 2. The molecule has 1 aromatic carbocycles. The SMILES string of the molecule is CCCNc1nnc(C(=O)Nc2ccc(Br)c(F)c2)s1. The van der Waals surface area contributed by atoms with Gasteiger partial charge in [0.05, 0.1) is 4.47 Å². The van der Waals surface area contributed by atoms with Crippen LogP contribution in [0.25, 0.3) is 0 Å². The first kappa shape index (κ1) is 14.9. The van der Waals surface area contributed by atoms with Crippen molar-refractivity contribution in [3.8, 4) is 0 Å². The Morgan fingerprint density at radius 2 is 2.25 bits per heavy atom. The predicted octanol–water partition coefficient (Wildman–Crippen LogP) is 3.51.